The summed E-state index contributed by atoms with van der Waals surface area (Å²) >= 11 is 0. The van der Waals surface area contributed by atoms with Crippen LogP contribution in [0.2, 0.25) is 0 Å². The molecule has 0 spiro atoms. The highest BCUT2D eigenvalue weighted by Gasteiger charge is 2.39. The summed E-state index contributed by atoms with van der Waals surface area (Å²) < 4.78 is 0. The number of nitrogens with one attached hydrogen (secondary N) is 1. The average molecular weight is 289 g/mol. The Bertz CT molecular complexity index is 542. The van der Waals surface area contributed by atoms with E-state index in [1.807, 2.05) is 57.1 Å². The van der Waals surface area contributed by atoms with Crippen molar-refractivity contribution in [3.63, 3.8) is 0 Å². The van der Waals surface area contributed by atoms with Crippen molar-refractivity contribution in [2.45, 2.75) is 38.8 Å². The third-order valence-electron chi connectivity index (χ3n) is 3.89. The van der Waals surface area contributed by atoms with Gasteiger partial charge in [0.2, 0.25) is 11.8 Å². The highest BCUT2D eigenvalue weighted by molar-refractivity contribution is 6.08. The molecule has 2 atom stereocenters. The lowest BCUT2D eigenvalue weighted by Crippen LogP contribution is -2.63. The number of carbonyl (C=O) groups excluding carboxylic acids is 2. The molecule has 2 rings (SSSR count). The second kappa shape index (κ2) is 6.16. The van der Waals surface area contributed by atoms with Crippen molar-refractivity contribution in [3.05, 3.63) is 24.3 Å². The van der Waals surface area contributed by atoms with E-state index in [4.69, 9.17) is 0 Å². The fraction of sp³-hybridized carbons (Fsp3) is 0.500. The van der Waals surface area contributed by atoms with Gasteiger partial charge in [0, 0.05) is 25.5 Å². The number of piperazine rings is 1. The van der Waals surface area contributed by atoms with Crippen LogP contribution in [0.4, 0.5) is 11.4 Å². The van der Waals surface area contributed by atoms with Gasteiger partial charge < -0.3 is 10.2 Å². The van der Waals surface area contributed by atoms with Gasteiger partial charge in [0.1, 0.15) is 12.1 Å². The quantitative estimate of drug-likeness (QED) is 0.919. The minimum atomic E-state index is -0.433. The van der Waals surface area contributed by atoms with Gasteiger partial charge in [0.25, 0.3) is 0 Å². The van der Waals surface area contributed by atoms with Crippen LogP contribution in [-0.2, 0) is 9.59 Å². The van der Waals surface area contributed by atoms with Gasteiger partial charge in [-0.3, -0.25) is 14.5 Å². The zero-order valence-corrected chi connectivity index (χ0v) is 13.1. The molecule has 1 aliphatic heterocycles. The lowest BCUT2D eigenvalue weighted by atomic mass is 10.0. The van der Waals surface area contributed by atoms with E-state index in [2.05, 4.69) is 5.32 Å². The third-order valence-corrected chi connectivity index (χ3v) is 3.89. The van der Waals surface area contributed by atoms with E-state index < -0.39 is 12.1 Å². The summed E-state index contributed by atoms with van der Waals surface area (Å²) in [5, 5.41) is 2.81. The van der Waals surface area contributed by atoms with Crippen LogP contribution >= 0.6 is 0 Å². The fourth-order valence-corrected chi connectivity index (χ4v) is 2.64. The average Bonchev–Trinajstić information content (AvgIpc) is 2.48. The number of carbonyl (C=O) groups is 2. The van der Waals surface area contributed by atoms with Gasteiger partial charge in [-0.25, -0.2) is 0 Å². The summed E-state index contributed by atoms with van der Waals surface area (Å²) in [6.07, 6.45) is 1.20. The summed E-state index contributed by atoms with van der Waals surface area (Å²) in [7, 11) is 3.91. The summed E-state index contributed by atoms with van der Waals surface area (Å²) in [4.78, 5) is 28.5. The van der Waals surface area contributed by atoms with Crippen molar-refractivity contribution >= 4 is 23.2 Å². The van der Waals surface area contributed by atoms with Crippen LogP contribution in [0, 0.1) is 0 Å². The maximum Gasteiger partial charge on any atom is 0.250 e. The van der Waals surface area contributed by atoms with Crippen LogP contribution in [0.15, 0.2) is 24.3 Å². The number of anilines is 2. The van der Waals surface area contributed by atoms with Crippen molar-refractivity contribution in [1.82, 2.24) is 5.32 Å². The Labute approximate surface area is 125 Å². The Morgan fingerprint density at radius 3 is 2.48 bits per heavy atom. The first-order valence-corrected chi connectivity index (χ1v) is 7.40. The molecular formula is C16H23N3O2. The molecule has 5 heteroatoms. The SMILES string of the molecule is CCC1NC(=O)C(CC)N(c2cccc(N(C)C)c2)C1=O. The molecule has 1 aromatic carbocycles. The Morgan fingerprint density at radius 1 is 1.19 bits per heavy atom. The predicted molar refractivity (Wildman–Crippen MR) is 84.6 cm³/mol. The Kier molecular flexibility index (Phi) is 4.50. The first-order chi connectivity index (χ1) is 9.99. The first kappa shape index (κ1) is 15.4. The minimum absolute atomic E-state index is 0.0279. The molecule has 21 heavy (non-hydrogen) atoms. The van der Waals surface area contributed by atoms with Crippen molar-refractivity contribution in [2.75, 3.05) is 23.9 Å². The van der Waals surface area contributed by atoms with Gasteiger partial charge >= 0.3 is 0 Å². The molecule has 1 aromatic rings. The van der Waals surface area contributed by atoms with E-state index in [1.54, 1.807) is 4.90 Å². The Balaban J connectivity index is 2.43. The summed E-state index contributed by atoms with van der Waals surface area (Å²) in [5.41, 5.74) is 1.79. The summed E-state index contributed by atoms with van der Waals surface area (Å²) in [5.74, 6) is -0.0981. The maximum absolute atomic E-state index is 12.7. The van der Waals surface area contributed by atoms with E-state index in [9.17, 15) is 9.59 Å². The molecule has 1 aliphatic rings. The molecule has 1 heterocycles. The normalized spacial score (nSPS) is 22.2. The van der Waals surface area contributed by atoms with Gasteiger partial charge in [-0.05, 0) is 31.0 Å². The molecule has 2 amide bonds. The van der Waals surface area contributed by atoms with E-state index in [-0.39, 0.29) is 11.8 Å². The highest BCUT2D eigenvalue weighted by atomic mass is 16.2. The minimum Gasteiger partial charge on any atom is -0.378 e. The molecule has 0 saturated carbocycles. The molecule has 5 nitrogen and oxygen atoms in total. The van der Waals surface area contributed by atoms with Crippen LogP contribution in [-0.4, -0.2) is 38.0 Å². The number of benzene rings is 1. The second-order valence-corrected chi connectivity index (χ2v) is 5.52. The fourth-order valence-electron chi connectivity index (χ4n) is 2.64. The van der Waals surface area contributed by atoms with E-state index >= 15 is 0 Å². The van der Waals surface area contributed by atoms with E-state index in [1.165, 1.54) is 0 Å². The van der Waals surface area contributed by atoms with Gasteiger partial charge in [0.05, 0.1) is 0 Å². The lowest BCUT2D eigenvalue weighted by Gasteiger charge is -2.38. The van der Waals surface area contributed by atoms with Crippen LogP contribution in [0.25, 0.3) is 0 Å². The lowest BCUT2D eigenvalue weighted by molar-refractivity contribution is -0.134. The molecule has 2 unspecified atom stereocenters. The number of rotatable bonds is 4. The second-order valence-electron chi connectivity index (χ2n) is 5.52. The van der Waals surface area contributed by atoms with Crippen molar-refractivity contribution < 1.29 is 9.59 Å². The molecule has 0 radical (unpaired) electrons. The van der Waals surface area contributed by atoms with Crippen molar-refractivity contribution in [2.24, 2.45) is 0 Å². The van der Waals surface area contributed by atoms with Crippen LogP contribution in [0.3, 0.4) is 0 Å². The van der Waals surface area contributed by atoms with E-state index in [0.717, 1.165) is 11.4 Å². The monoisotopic (exact) mass is 289 g/mol. The standard InChI is InChI=1S/C16H23N3O2/c1-5-13-16(21)19(14(6-2)15(20)17-13)12-9-7-8-11(10-12)18(3)4/h7-10,13-14H,5-6H2,1-4H3,(H,17,20). The largest absolute Gasteiger partial charge is 0.378 e. The molecule has 1 N–H and O–H groups in total. The van der Waals surface area contributed by atoms with Crippen molar-refractivity contribution in [1.29, 1.82) is 0 Å². The maximum atomic E-state index is 12.7. The smallest absolute Gasteiger partial charge is 0.250 e. The molecule has 114 valence electrons. The topological polar surface area (TPSA) is 52.7 Å². The zero-order valence-electron chi connectivity index (χ0n) is 13.1. The molecule has 1 fully saturated rings. The molecule has 0 aliphatic carbocycles. The number of hydrogen-bond acceptors (Lipinski definition) is 3. The van der Waals surface area contributed by atoms with E-state index in [0.29, 0.717) is 12.8 Å². The highest BCUT2D eigenvalue weighted by Crippen LogP contribution is 2.27. The van der Waals surface area contributed by atoms with Gasteiger partial charge in [-0.1, -0.05) is 19.9 Å². The van der Waals surface area contributed by atoms with Gasteiger partial charge in [-0.2, -0.15) is 0 Å². The summed E-state index contributed by atoms with van der Waals surface area (Å²) in [6, 6.07) is 6.88. The Morgan fingerprint density at radius 2 is 1.90 bits per heavy atom. The molecular weight excluding hydrogens is 266 g/mol. The first-order valence-electron chi connectivity index (χ1n) is 7.40. The molecule has 1 saturated heterocycles. The van der Waals surface area contributed by atoms with Crippen LogP contribution < -0.4 is 15.1 Å². The van der Waals surface area contributed by atoms with Crippen LogP contribution in [0.1, 0.15) is 26.7 Å². The number of nitrogens with zero attached hydrogens (tertiary/aromatic N) is 2. The zero-order chi connectivity index (χ0) is 15.6. The predicted octanol–water partition coefficient (Wildman–Crippen LogP) is 1.77. The van der Waals surface area contributed by atoms with Crippen molar-refractivity contribution in [3.8, 4) is 0 Å². The van der Waals surface area contributed by atoms with Crippen LogP contribution in [0.5, 0.6) is 0 Å². The third kappa shape index (κ3) is 2.86. The number of amides is 2. The molecule has 0 aromatic heterocycles. The van der Waals surface area contributed by atoms with Gasteiger partial charge in [-0.15, -0.1) is 0 Å². The molecule has 0 bridgehead atoms. The Hall–Kier alpha value is -2.04. The summed E-state index contributed by atoms with van der Waals surface area (Å²) in [6.45, 7) is 3.83. The van der Waals surface area contributed by atoms with Gasteiger partial charge in [0.15, 0.2) is 0 Å². The number of hydrogen-bond donors (Lipinski definition) is 1.